The highest BCUT2D eigenvalue weighted by Gasteiger charge is 2.63. The van der Waals surface area contributed by atoms with E-state index in [2.05, 4.69) is 4.74 Å². The summed E-state index contributed by atoms with van der Waals surface area (Å²) < 4.78 is 115. The topological polar surface area (TPSA) is 136 Å². The van der Waals surface area contributed by atoms with Gasteiger partial charge >= 0.3 is 29.3 Å². The standard InChI is InChI=1S/C24H19F5I2O9S/c1-22(8-4-5-9-22)40-20(34)14-7-3-2-6-13(14)18(32)38-17-15(10-12(30)11-16(17)31)19(33)39-21(23(25,26)27)24(28,29)41(35,36)37/h2-3,6-7,10-11,21H,4-5,8-9H2,1H3,(H,35,36,37)/p-1. The second kappa shape index (κ2) is 12.2. The van der Waals surface area contributed by atoms with Crippen molar-refractivity contribution in [3.05, 3.63) is 60.2 Å². The lowest BCUT2D eigenvalue weighted by atomic mass is 10.0. The molecule has 0 saturated heterocycles. The number of hydrogen-bond acceptors (Lipinski definition) is 9. The van der Waals surface area contributed by atoms with Crippen LogP contribution in [0.2, 0.25) is 0 Å². The van der Waals surface area contributed by atoms with Crippen molar-refractivity contribution in [2.24, 2.45) is 0 Å². The van der Waals surface area contributed by atoms with Gasteiger partial charge in [-0.2, -0.15) is 22.0 Å². The molecule has 1 unspecified atom stereocenters. The normalized spacial score (nSPS) is 16.1. The molecule has 0 amide bonds. The molecule has 224 valence electrons. The van der Waals surface area contributed by atoms with E-state index in [-0.39, 0.29) is 18.3 Å². The molecule has 9 nitrogen and oxygen atoms in total. The number of carbonyl (C=O) groups is 3. The van der Waals surface area contributed by atoms with Crippen molar-refractivity contribution in [3.8, 4) is 5.75 Å². The van der Waals surface area contributed by atoms with E-state index in [1.807, 2.05) is 0 Å². The van der Waals surface area contributed by atoms with E-state index < -0.39 is 62.5 Å². The summed E-state index contributed by atoms with van der Waals surface area (Å²) in [7, 11) is -6.93. The largest absolute Gasteiger partial charge is 0.743 e. The fourth-order valence-electron chi connectivity index (χ4n) is 3.93. The molecule has 0 aliphatic heterocycles. The van der Waals surface area contributed by atoms with Crippen molar-refractivity contribution in [3.63, 3.8) is 0 Å². The van der Waals surface area contributed by atoms with Gasteiger partial charge in [-0.25, -0.2) is 22.8 Å². The molecule has 1 saturated carbocycles. The molecule has 1 fully saturated rings. The smallest absolute Gasteiger partial charge is 0.432 e. The van der Waals surface area contributed by atoms with Gasteiger partial charge in [0.1, 0.15) is 11.2 Å². The summed E-state index contributed by atoms with van der Waals surface area (Å²) in [5.74, 6) is -5.02. The Morgan fingerprint density at radius 1 is 0.927 bits per heavy atom. The SMILES string of the molecule is CC1(OC(=O)c2ccccc2C(=O)Oc2c(I)cc(I)cc2C(=O)OC(C(F)(F)F)C(F)(F)S(=O)(=O)[O-])CCCC1. The Hall–Kier alpha value is -2.13. The van der Waals surface area contributed by atoms with Crippen LogP contribution in [0.1, 0.15) is 63.7 Å². The highest BCUT2D eigenvalue weighted by Crippen LogP contribution is 2.40. The van der Waals surface area contributed by atoms with Gasteiger partial charge in [-0.05, 0) is 102 Å². The molecule has 1 aliphatic carbocycles. The molecule has 0 bridgehead atoms. The first-order valence-electron chi connectivity index (χ1n) is 11.4. The number of rotatable bonds is 8. The second-order valence-corrected chi connectivity index (χ2v) is 12.9. The summed E-state index contributed by atoms with van der Waals surface area (Å²) in [6.45, 7) is 1.74. The minimum atomic E-state index is -6.93. The summed E-state index contributed by atoms with van der Waals surface area (Å²) in [5, 5.41) is -6.08. The fraction of sp³-hybridized carbons (Fsp3) is 0.375. The van der Waals surface area contributed by atoms with Crippen LogP contribution in [-0.2, 0) is 19.6 Å². The van der Waals surface area contributed by atoms with Crippen LogP contribution in [0.15, 0.2) is 36.4 Å². The zero-order valence-corrected chi connectivity index (χ0v) is 25.7. The molecule has 2 aromatic rings. The lowest BCUT2D eigenvalue weighted by molar-refractivity contribution is -0.248. The van der Waals surface area contributed by atoms with Crippen molar-refractivity contribution >= 4 is 73.2 Å². The van der Waals surface area contributed by atoms with E-state index in [0.29, 0.717) is 12.8 Å². The third-order valence-electron chi connectivity index (χ3n) is 5.95. The molecule has 0 radical (unpaired) electrons. The van der Waals surface area contributed by atoms with Crippen molar-refractivity contribution in [2.75, 3.05) is 0 Å². The van der Waals surface area contributed by atoms with Gasteiger partial charge in [-0.1, -0.05) is 12.1 Å². The lowest BCUT2D eigenvalue weighted by Gasteiger charge is -2.29. The summed E-state index contributed by atoms with van der Waals surface area (Å²) >= 11 is 3.15. The van der Waals surface area contributed by atoms with Crippen LogP contribution in [0.4, 0.5) is 22.0 Å². The predicted octanol–water partition coefficient (Wildman–Crippen LogP) is 5.83. The molecule has 41 heavy (non-hydrogen) atoms. The van der Waals surface area contributed by atoms with Crippen molar-refractivity contribution < 1.29 is 63.5 Å². The zero-order chi connectivity index (χ0) is 31.0. The molecule has 0 aromatic heterocycles. The molecular formula is C24H18F5I2O9S-. The molecule has 0 heterocycles. The second-order valence-electron chi connectivity index (χ2n) is 9.09. The number of hydrogen-bond donors (Lipinski definition) is 0. The first-order valence-corrected chi connectivity index (χ1v) is 15.0. The fourth-order valence-corrected chi connectivity index (χ4v) is 6.33. The maximum Gasteiger partial charge on any atom is 0.432 e. The summed E-state index contributed by atoms with van der Waals surface area (Å²) in [4.78, 5) is 38.7. The lowest BCUT2D eigenvalue weighted by Crippen LogP contribution is -2.52. The number of carbonyl (C=O) groups excluding carboxylic acids is 3. The van der Waals surface area contributed by atoms with E-state index in [0.717, 1.165) is 18.9 Å². The number of esters is 3. The van der Waals surface area contributed by atoms with Crippen LogP contribution in [0.3, 0.4) is 0 Å². The predicted molar refractivity (Wildman–Crippen MR) is 145 cm³/mol. The molecule has 2 aromatic carbocycles. The Kier molecular flexibility index (Phi) is 9.96. The van der Waals surface area contributed by atoms with Crippen molar-refractivity contribution in [1.29, 1.82) is 0 Å². The first-order chi connectivity index (χ1) is 18.8. The van der Waals surface area contributed by atoms with Crippen LogP contribution in [-0.4, -0.2) is 54.0 Å². The number of alkyl halides is 5. The molecule has 1 atom stereocenters. The third kappa shape index (κ3) is 7.64. The molecular weight excluding hydrogens is 813 g/mol. The summed E-state index contributed by atoms with van der Waals surface area (Å²) in [6.07, 6.45) is -7.99. The van der Waals surface area contributed by atoms with Gasteiger partial charge in [0.15, 0.2) is 15.9 Å². The Morgan fingerprint density at radius 2 is 1.46 bits per heavy atom. The monoisotopic (exact) mass is 831 g/mol. The van der Waals surface area contributed by atoms with Crippen LogP contribution >= 0.6 is 45.2 Å². The quantitative estimate of drug-likeness (QED) is 0.106. The van der Waals surface area contributed by atoms with Crippen LogP contribution in [0.5, 0.6) is 5.75 Å². The molecule has 1 aliphatic rings. The van der Waals surface area contributed by atoms with E-state index in [1.54, 1.807) is 29.5 Å². The molecule has 0 spiro atoms. The molecule has 0 N–H and O–H groups in total. The van der Waals surface area contributed by atoms with Crippen LogP contribution in [0.25, 0.3) is 0 Å². The maximum atomic E-state index is 13.9. The van der Waals surface area contributed by atoms with Crippen LogP contribution in [0, 0.1) is 7.14 Å². The number of benzene rings is 2. The van der Waals surface area contributed by atoms with Gasteiger partial charge in [0.25, 0.3) is 6.10 Å². The van der Waals surface area contributed by atoms with E-state index in [1.165, 1.54) is 52.9 Å². The molecule has 3 rings (SSSR count). The van der Waals surface area contributed by atoms with Gasteiger partial charge in [0.2, 0.25) is 0 Å². The maximum absolute atomic E-state index is 13.9. The highest BCUT2D eigenvalue weighted by atomic mass is 127. The number of halogens is 7. The average Bonchev–Trinajstić information content (AvgIpc) is 3.27. The summed E-state index contributed by atoms with van der Waals surface area (Å²) in [6, 6.07) is 7.39. The van der Waals surface area contributed by atoms with Gasteiger partial charge < -0.3 is 18.8 Å². The van der Waals surface area contributed by atoms with Gasteiger partial charge in [0.05, 0.1) is 14.7 Å². The number of ether oxygens (including phenoxy) is 3. The zero-order valence-electron chi connectivity index (χ0n) is 20.6. The van der Waals surface area contributed by atoms with Gasteiger partial charge in [0, 0.05) is 3.57 Å². The average molecular weight is 831 g/mol. The minimum Gasteiger partial charge on any atom is -0.743 e. The third-order valence-corrected chi connectivity index (χ3v) is 8.26. The van der Waals surface area contributed by atoms with Crippen molar-refractivity contribution in [2.45, 2.75) is 55.7 Å². The van der Waals surface area contributed by atoms with E-state index in [9.17, 15) is 49.3 Å². The van der Waals surface area contributed by atoms with E-state index in [4.69, 9.17) is 9.47 Å². The minimum absolute atomic E-state index is 0.0694. The Bertz CT molecular complexity index is 1470. The summed E-state index contributed by atoms with van der Waals surface area (Å²) in [5.41, 5.74) is -2.29. The van der Waals surface area contributed by atoms with Gasteiger partial charge in [-0.3, -0.25) is 0 Å². The molecule has 17 heteroatoms. The van der Waals surface area contributed by atoms with E-state index >= 15 is 0 Å². The van der Waals surface area contributed by atoms with Crippen LogP contribution < -0.4 is 4.74 Å². The Morgan fingerprint density at radius 3 is 1.98 bits per heavy atom. The Balaban J connectivity index is 1.97. The van der Waals surface area contributed by atoms with Gasteiger partial charge in [-0.15, -0.1) is 0 Å². The highest BCUT2D eigenvalue weighted by molar-refractivity contribution is 14.1. The first kappa shape index (κ1) is 33.4. The van der Waals surface area contributed by atoms with Crippen molar-refractivity contribution in [1.82, 2.24) is 0 Å². The Labute approximate surface area is 257 Å².